The molecule has 0 aliphatic heterocycles. The van der Waals surface area contributed by atoms with Gasteiger partial charge in [0.1, 0.15) is 6.61 Å². The molecule has 4 aromatic carbocycles. The SMILES string of the molecule is COCCOCCOCCOCCOCCOCCOCCOCCOCCOCCOC(=O)N(CCP(c1ccccc1)c1ccccc1)CCP(c1ccccc1)c1ccccc1.[Cl][Pt][Cl]. The first-order valence-electron chi connectivity index (χ1n) is 22.9. The Kier molecular flexibility index (Phi) is 38.6. The van der Waals surface area contributed by atoms with E-state index < -0.39 is 32.3 Å². The van der Waals surface area contributed by atoms with Gasteiger partial charge >= 0.3 is 41.4 Å². The molecule has 0 aliphatic rings. The standard InChI is InChI=1S/C50H71NO12P2.2ClH.Pt/c1-53-24-25-54-26-27-55-28-29-56-30-31-57-32-33-58-34-35-59-36-37-60-38-39-61-40-41-62-42-43-63-50(52)51(22-44-64(46-14-6-2-7-15-46)47-16-8-3-9-17-47)23-45-65(48-18-10-4-11-19-48)49-20-12-5-13-21-49;;;/h2-21H,22-45H2,1H3;2*1H;/q;;;+2/p-2. The molecule has 0 spiro atoms. The van der Waals surface area contributed by atoms with Crippen LogP contribution in [0.4, 0.5) is 4.79 Å². The molecule has 0 N–H and O–H groups in total. The topological polar surface area (TPSA) is 122 Å². The fourth-order valence-electron chi connectivity index (χ4n) is 6.26. The number of amides is 1. The summed E-state index contributed by atoms with van der Waals surface area (Å²) < 4.78 is 60.5. The van der Waals surface area contributed by atoms with Crippen LogP contribution in [0, 0.1) is 0 Å². The monoisotopic (exact) mass is 1200 g/mol. The van der Waals surface area contributed by atoms with Gasteiger partial charge in [-0.2, -0.15) is 0 Å². The molecule has 4 rings (SSSR count). The van der Waals surface area contributed by atoms with Gasteiger partial charge in [-0.05, 0) is 49.4 Å². The normalized spacial score (nSPS) is 11.2. The Labute approximate surface area is 423 Å². The van der Waals surface area contributed by atoms with Gasteiger partial charge < -0.3 is 57.0 Å². The maximum atomic E-state index is 13.8. The zero-order valence-electron chi connectivity index (χ0n) is 39.3. The minimum atomic E-state index is -0.677. The van der Waals surface area contributed by atoms with E-state index in [0.29, 0.717) is 132 Å². The Morgan fingerprint density at radius 3 is 0.853 bits per heavy atom. The van der Waals surface area contributed by atoms with Gasteiger partial charge in [0.15, 0.2) is 0 Å². The van der Waals surface area contributed by atoms with Crippen LogP contribution in [0.25, 0.3) is 0 Å². The van der Waals surface area contributed by atoms with Crippen molar-refractivity contribution in [2.45, 2.75) is 0 Å². The molecule has 0 heterocycles. The molecule has 0 fully saturated rings. The quantitative estimate of drug-likeness (QED) is 0.0342. The second-order valence-electron chi connectivity index (χ2n) is 14.3. The van der Waals surface area contributed by atoms with E-state index in [9.17, 15) is 4.79 Å². The zero-order valence-corrected chi connectivity index (χ0v) is 44.9. The Bertz CT molecular complexity index is 1560. The van der Waals surface area contributed by atoms with E-state index in [1.807, 2.05) is 29.2 Å². The van der Waals surface area contributed by atoms with Crippen molar-refractivity contribution in [1.82, 2.24) is 4.90 Å². The number of benzene rings is 4. The number of methoxy groups -OCH3 is 1. The number of carbonyl (C=O) groups is 1. The first kappa shape index (κ1) is 60.2. The van der Waals surface area contributed by atoms with Gasteiger partial charge in [0.2, 0.25) is 0 Å². The molecule has 0 aliphatic carbocycles. The van der Waals surface area contributed by atoms with Crippen molar-refractivity contribution in [1.29, 1.82) is 0 Å². The average Bonchev–Trinajstić information content (AvgIpc) is 3.38. The summed E-state index contributed by atoms with van der Waals surface area (Å²) in [5, 5.41) is 5.16. The number of carbonyl (C=O) groups excluding carboxylic acids is 1. The molecule has 382 valence electrons. The van der Waals surface area contributed by atoms with E-state index >= 15 is 0 Å². The summed E-state index contributed by atoms with van der Waals surface area (Å²) in [6, 6.07) is 42.4. The Balaban J connectivity index is 0.00000397. The van der Waals surface area contributed by atoms with Gasteiger partial charge in [-0.25, -0.2) is 4.79 Å². The first-order valence-corrected chi connectivity index (χ1v) is 31.5. The molecule has 13 nitrogen and oxygen atoms in total. The molecule has 0 saturated heterocycles. The Hall–Kier alpha value is -2.12. The number of ether oxygens (including phenoxy) is 11. The molecule has 0 bridgehead atoms. The Morgan fingerprint density at radius 1 is 0.397 bits per heavy atom. The molecule has 0 aromatic heterocycles. The van der Waals surface area contributed by atoms with E-state index in [0.717, 1.165) is 12.3 Å². The first-order chi connectivity index (χ1) is 33.7. The fourth-order valence-corrected chi connectivity index (χ4v) is 10.9. The van der Waals surface area contributed by atoms with Gasteiger partial charge in [0.25, 0.3) is 0 Å². The van der Waals surface area contributed by atoms with Crippen LogP contribution >= 0.6 is 34.7 Å². The minimum absolute atomic E-state index is 0.163. The van der Waals surface area contributed by atoms with Crippen LogP contribution in [-0.2, 0) is 68.6 Å². The van der Waals surface area contributed by atoms with Crippen molar-refractivity contribution < 1.29 is 73.4 Å². The molecular formula is C50H71Cl2NO12P2Pt. The van der Waals surface area contributed by atoms with E-state index in [-0.39, 0.29) is 19.3 Å². The molecule has 4 aromatic rings. The predicted molar refractivity (Wildman–Crippen MR) is 272 cm³/mol. The molecular weight excluding hydrogens is 1130 g/mol. The molecule has 0 saturated carbocycles. The maximum absolute atomic E-state index is 13.8. The summed E-state index contributed by atoms with van der Waals surface area (Å²) in [6.07, 6.45) is 1.34. The van der Waals surface area contributed by atoms with Crippen molar-refractivity contribution in [3.05, 3.63) is 121 Å². The van der Waals surface area contributed by atoms with Crippen LogP contribution in [-0.4, -0.2) is 176 Å². The molecule has 0 atom stereocenters. The van der Waals surface area contributed by atoms with Crippen LogP contribution in [0.2, 0.25) is 0 Å². The van der Waals surface area contributed by atoms with Crippen LogP contribution in [0.15, 0.2) is 121 Å². The van der Waals surface area contributed by atoms with Crippen molar-refractivity contribution >= 4 is 62.0 Å². The third-order valence-corrected chi connectivity index (χ3v) is 14.6. The number of halogens is 2. The van der Waals surface area contributed by atoms with E-state index in [1.165, 1.54) is 21.2 Å². The van der Waals surface area contributed by atoms with E-state index in [1.54, 1.807) is 7.11 Å². The molecule has 0 unspecified atom stereocenters. The summed E-state index contributed by atoms with van der Waals surface area (Å²) in [4.78, 5) is 15.7. The summed E-state index contributed by atoms with van der Waals surface area (Å²) >= 11 is -0.472. The second-order valence-corrected chi connectivity index (χ2v) is 22.3. The third-order valence-electron chi connectivity index (χ3n) is 9.58. The van der Waals surface area contributed by atoms with Crippen molar-refractivity contribution in [2.24, 2.45) is 0 Å². The number of rotatable bonds is 40. The number of hydrogen-bond acceptors (Lipinski definition) is 12. The molecule has 1 amide bonds. The summed E-state index contributed by atoms with van der Waals surface area (Å²) in [7, 11) is 10.0. The predicted octanol–water partition coefficient (Wildman–Crippen LogP) is 6.86. The van der Waals surface area contributed by atoms with Gasteiger partial charge in [0, 0.05) is 20.2 Å². The van der Waals surface area contributed by atoms with Crippen LogP contribution in [0.3, 0.4) is 0 Å². The van der Waals surface area contributed by atoms with Crippen LogP contribution < -0.4 is 21.2 Å². The van der Waals surface area contributed by atoms with Crippen LogP contribution in [0.5, 0.6) is 0 Å². The molecule has 18 heteroatoms. The van der Waals surface area contributed by atoms with Gasteiger partial charge in [-0.1, -0.05) is 121 Å². The molecule has 0 radical (unpaired) electrons. The van der Waals surface area contributed by atoms with E-state index in [4.69, 9.17) is 70.9 Å². The Morgan fingerprint density at radius 2 is 0.618 bits per heavy atom. The van der Waals surface area contributed by atoms with Crippen molar-refractivity contribution in [2.75, 3.05) is 165 Å². The van der Waals surface area contributed by atoms with Gasteiger partial charge in [-0.15, -0.1) is 0 Å². The summed E-state index contributed by atoms with van der Waals surface area (Å²) in [6.45, 7) is 10.5. The fraction of sp³-hybridized carbons (Fsp3) is 0.500. The van der Waals surface area contributed by atoms with Gasteiger partial charge in [-0.3, -0.25) is 0 Å². The van der Waals surface area contributed by atoms with Crippen molar-refractivity contribution in [3.8, 4) is 0 Å². The van der Waals surface area contributed by atoms with Crippen LogP contribution in [0.1, 0.15) is 0 Å². The number of nitrogens with zero attached hydrogens (tertiary/aromatic N) is 1. The number of hydrogen-bond donors (Lipinski definition) is 0. The average molecular weight is 1210 g/mol. The third kappa shape index (κ3) is 29.9. The van der Waals surface area contributed by atoms with Crippen molar-refractivity contribution in [3.63, 3.8) is 0 Å². The van der Waals surface area contributed by atoms with Gasteiger partial charge in [0.05, 0.1) is 126 Å². The summed E-state index contributed by atoms with van der Waals surface area (Å²) in [5.41, 5.74) is 0. The molecule has 68 heavy (non-hydrogen) atoms. The second kappa shape index (κ2) is 43.6. The van der Waals surface area contributed by atoms with E-state index in [2.05, 4.69) is 97.1 Å². The zero-order chi connectivity index (χ0) is 48.2. The summed E-state index contributed by atoms with van der Waals surface area (Å²) in [5.74, 6) is 0.